The summed E-state index contributed by atoms with van der Waals surface area (Å²) in [6, 6.07) is 0. The van der Waals surface area contributed by atoms with Gasteiger partial charge in [0.25, 0.3) is 0 Å². The lowest BCUT2D eigenvalue weighted by Gasteiger charge is -2.20. The number of aryl methyl sites for hydroxylation is 2. The van der Waals surface area contributed by atoms with Crippen LogP contribution in [0.2, 0.25) is 0 Å². The van der Waals surface area contributed by atoms with Crippen molar-refractivity contribution in [2.45, 2.75) is 33.9 Å². The molecule has 0 aliphatic heterocycles. The summed E-state index contributed by atoms with van der Waals surface area (Å²) in [7, 11) is 2.03. The Morgan fingerprint density at radius 2 is 2.24 bits per heavy atom. The number of hydrogen-bond acceptors (Lipinski definition) is 5. The van der Waals surface area contributed by atoms with Gasteiger partial charge in [0, 0.05) is 30.0 Å². The van der Waals surface area contributed by atoms with Crippen LogP contribution in [0.4, 0.5) is 0 Å². The molecule has 114 valence electrons. The predicted molar refractivity (Wildman–Crippen MR) is 90.0 cm³/mol. The van der Waals surface area contributed by atoms with Gasteiger partial charge in [0.1, 0.15) is 5.01 Å². The maximum atomic E-state index is 4.65. The fraction of sp³-hybridized carbons (Fsp3) is 0.500. The van der Waals surface area contributed by atoms with E-state index in [1.165, 1.54) is 4.88 Å². The van der Waals surface area contributed by atoms with Crippen LogP contribution in [-0.2, 0) is 13.1 Å². The molecule has 5 nitrogen and oxygen atoms in total. The van der Waals surface area contributed by atoms with E-state index in [9.17, 15) is 0 Å². The molecular weight excluding hydrogens is 302 g/mol. The van der Waals surface area contributed by atoms with Crippen molar-refractivity contribution in [2.75, 3.05) is 13.6 Å². The maximum Gasteiger partial charge on any atom is 0.194 e. The van der Waals surface area contributed by atoms with E-state index < -0.39 is 0 Å². The van der Waals surface area contributed by atoms with Gasteiger partial charge in [-0.1, -0.05) is 0 Å². The summed E-state index contributed by atoms with van der Waals surface area (Å²) in [5.74, 6) is 0.885. The van der Waals surface area contributed by atoms with E-state index >= 15 is 0 Å². The van der Waals surface area contributed by atoms with E-state index in [2.05, 4.69) is 44.4 Å². The summed E-state index contributed by atoms with van der Waals surface area (Å²) in [5.41, 5.74) is 1.08. The zero-order valence-corrected chi connectivity index (χ0v) is 14.5. The largest absolute Gasteiger partial charge is 0.357 e. The number of aliphatic imine (C=N–C) groups is 1. The lowest BCUT2D eigenvalue weighted by molar-refractivity contribution is 0.470. The van der Waals surface area contributed by atoms with Crippen molar-refractivity contribution in [2.24, 2.45) is 4.99 Å². The van der Waals surface area contributed by atoms with Crippen LogP contribution >= 0.6 is 22.7 Å². The first-order valence-corrected chi connectivity index (χ1v) is 8.60. The van der Waals surface area contributed by atoms with Crippen LogP contribution in [0.1, 0.15) is 27.5 Å². The minimum atomic E-state index is 0.612. The molecule has 0 bridgehead atoms. The van der Waals surface area contributed by atoms with Gasteiger partial charge in [-0.15, -0.1) is 22.7 Å². The van der Waals surface area contributed by atoms with Crippen molar-refractivity contribution in [1.29, 1.82) is 0 Å². The molecule has 0 atom stereocenters. The van der Waals surface area contributed by atoms with Gasteiger partial charge in [-0.2, -0.15) is 0 Å². The lowest BCUT2D eigenvalue weighted by Crippen LogP contribution is -2.38. The Bertz CT molecular complexity index is 602. The summed E-state index contributed by atoms with van der Waals surface area (Å²) in [6.45, 7) is 8.37. The van der Waals surface area contributed by atoms with Gasteiger partial charge in [0.05, 0.1) is 23.8 Å². The van der Waals surface area contributed by atoms with Crippen LogP contribution in [0.25, 0.3) is 0 Å². The van der Waals surface area contributed by atoms with Gasteiger partial charge in [-0.3, -0.25) is 0 Å². The van der Waals surface area contributed by atoms with E-state index in [-0.39, 0.29) is 0 Å². The van der Waals surface area contributed by atoms with Gasteiger partial charge in [-0.05, 0) is 20.8 Å². The Hall–Kier alpha value is -1.47. The quantitative estimate of drug-likeness (QED) is 0.679. The van der Waals surface area contributed by atoms with Crippen molar-refractivity contribution in [3.63, 3.8) is 0 Å². The fourth-order valence-electron chi connectivity index (χ4n) is 1.89. The van der Waals surface area contributed by atoms with E-state index in [1.54, 1.807) is 22.7 Å². The highest BCUT2D eigenvalue weighted by Gasteiger charge is 2.09. The SMILES string of the molecule is CCNC(=NCc1ncc(C)s1)N(C)Cc1csc(C)n1. The van der Waals surface area contributed by atoms with Crippen LogP contribution in [0, 0.1) is 13.8 Å². The summed E-state index contributed by atoms with van der Waals surface area (Å²) >= 11 is 3.37. The predicted octanol–water partition coefficient (Wildman–Crippen LogP) is 2.81. The molecule has 2 aromatic heterocycles. The van der Waals surface area contributed by atoms with E-state index in [0.717, 1.165) is 34.8 Å². The molecule has 21 heavy (non-hydrogen) atoms. The van der Waals surface area contributed by atoms with Crippen molar-refractivity contribution in [3.05, 3.63) is 32.2 Å². The highest BCUT2D eigenvalue weighted by Crippen LogP contribution is 2.13. The van der Waals surface area contributed by atoms with Crippen LogP contribution in [0.15, 0.2) is 16.6 Å². The lowest BCUT2D eigenvalue weighted by atomic mass is 10.4. The molecule has 0 aromatic carbocycles. The molecule has 1 N–H and O–H groups in total. The molecular formula is C14H21N5S2. The molecule has 0 amide bonds. The normalized spacial score (nSPS) is 11.7. The molecule has 0 aliphatic carbocycles. The first-order valence-electron chi connectivity index (χ1n) is 6.90. The highest BCUT2D eigenvalue weighted by molar-refractivity contribution is 7.11. The number of nitrogens with zero attached hydrogens (tertiary/aromatic N) is 4. The summed E-state index contributed by atoms with van der Waals surface area (Å²) in [6.07, 6.45) is 1.89. The smallest absolute Gasteiger partial charge is 0.194 e. The number of guanidine groups is 1. The van der Waals surface area contributed by atoms with E-state index in [1.807, 2.05) is 20.2 Å². The fourth-order valence-corrected chi connectivity index (χ4v) is 3.20. The van der Waals surface area contributed by atoms with Crippen LogP contribution < -0.4 is 5.32 Å². The second-order valence-electron chi connectivity index (χ2n) is 4.75. The molecule has 0 aliphatic rings. The minimum absolute atomic E-state index is 0.612. The number of hydrogen-bond donors (Lipinski definition) is 1. The Balaban J connectivity index is 2.02. The topological polar surface area (TPSA) is 53.4 Å². The van der Waals surface area contributed by atoms with Gasteiger partial charge >= 0.3 is 0 Å². The number of nitrogens with one attached hydrogen (secondary N) is 1. The summed E-state index contributed by atoms with van der Waals surface area (Å²) in [5, 5.41) is 7.55. The Kier molecular flexibility index (Phi) is 5.69. The third-order valence-electron chi connectivity index (χ3n) is 2.80. The summed E-state index contributed by atoms with van der Waals surface area (Å²) in [4.78, 5) is 16.8. The highest BCUT2D eigenvalue weighted by atomic mass is 32.1. The maximum absolute atomic E-state index is 4.65. The first-order chi connectivity index (χ1) is 10.1. The molecule has 7 heteroatoms. The van der Waals surface area contributed by atoms with E-state index in [4.69, 9.17) is 0 Å². The Morgan fingerprint density at radius 1 is 1.43 bits per heavy atom. The molecule has 0 radical (unpaired) electrons. The van der Waals surface area contributed by atoms with Crippen molar-refractivity contribution >= 4 is 28.6 Å². The molecule has 0 saturated carbocycles. The average Bonchev–Trinajstić information content (AvgIpc) is 3.03. The van der Waals surface area contributed by atoms with Crippen LogP contribution in [-0.4, -0.2) is 34.4 Å². The van der Waals surface area contributed by atoms with Crippen molar-refractivity contribution in [1.82, 2.24) is 20.2 Å². The first kappa shape index (κ1) is 15.9. The van der Waals surface area contributed by atoms with E-state index in [0.29, 0.717) is 6.54 Å². The average molecular weight is 323 g/mol. The minimum Gasteiger partial charge on any atom is -0.357 e. The zero-order valence-electron chi connectivity index (χ0n) is 12.9. The molecule has 2 heterocycles. The molecule has 2 aromatic rings. The second-order valence-corrected chi connectivity index (χ2v) is 7.13. The molecule has 0 unspecified atom stereocenters. The van der Waals surface area contributed by atoms with Gasteiger partial charge in [0.2, 0.25) is 0 Å². The molecule has 0 saturated heterocycles. The zero-order chi connectivity index (χ0) is 15.2. The van der Waals surface area contributed by atoms with Gasteiger partial charge in [0.15, 0.2) is 5.96 Å². The Labute approximate surface area is 133 Å². The molecule has 0 spiro atoms. The van der Waals surface area contributed by atoms with Crippen molar-refractivity contribution in [3.8, 4) is 0 Å². The monoisotopic (exact) mass is 323 g/mol. The standard InChI is InChI=1S/C14H21N5S2/c1-5-15-14(17-7-13-16-6-10(2)21-13)19(4)8-12-9-20-11(3)18-12/h6,9H,5,7-8H2,1-4H3,(H,15,17). The molecule has 2 rings (SSSR count). The number of aromatic nitrogens is 2. The van der Waals surface area contributed by atoms with Crippen molar-refractivity contribution < 1.29 is 0 Å². The molecule has 0 fully saturated rings. The van der Waals surface area contributed by atoms with Crippen LogP contribution in [0.3, 0.4) is 0 Å². The third kappa shape index (κ3) is 4.78. The summed E-state index contributed by atoms with van der Waals surface area (Å²) < 4.78 is 0. The Morgan fingerprint density at radius 3 is 2.81 bits per heavy atom. The second kappa shape index (κ2) is 7.51. The third-order valence-corrected chi connectivity index (χ3v) is 4.52. The number of rotatable bonds is 5. The number of thiazole rings is 2. The van der Waals surface area contributed by atoms with Gasteiger partial charge < -0.3 is 10.2 Å². The van der Waals surface area contributed by atoms with Gasteiger partial charge in [-0.25, -0.2) is 15.0 Å². The van der Waals surface area contributed by atoms with Crippen LogP contribution in [0.5, 0.6) is 0 Å².